The van der Waals surface area contributed by atoms with E-state index in [1.54, 1.807) is 23.9 Å². The number of aliphatic hydroxyl groups excluding tert-OH is 1. The number of carbonyl (C=O) groups is 1. The van der Waals surface area contributed by atoms with Crippen molar-refractivity contribution >= 4 is 15.9 Å². The number of piperidine rings is 1. The Hall–Kier alpha value is -3.33. The van der Waals surface area contributed by atoms with Crippen molar-refractivity contribution in [2.24, 2.45) is 7.05 Å². The van der Waals surface area contributed by atoms with E-state index in [9.17, 15) is 18.3 Å². The highest BCUT2D eigenvalue weighted by Crippen LogP contribution is 2.37. The summed E-state index contributed by atoms with van der Waals surface area (Å²) in [5.41, 5.74) is 2.02. The molecule has 1 aromatic carbocycles. The van der Waals surface area contributed by atoms with Gasteiger partial charge in [0, 0.05) is 62.7 Å². The van der Waals surface area contributed by atoms with E-state index >= 15 is 0 Å². The highest BCUT2D eigenvalue weighted by molar-refractivity contribution is 7.89. The minimum atomic E-state index is -4.16. The fraction of sp³-hybridized carbons (Fsp3) is 0.556. The molecule has 2 atom stereocenters. The predicted octanol–water partition coefficient (Wildman–Crippen LogP) is 1.14. The molecular weight excluding hydrogens is 550 g/mol. The number of sulfonamides is 1. The first-order chi connectivity index (χ1) is 19.6. The average molecular weight is 586 g/mol. The average Bonchev–Trinajstić information content (AvgIpc) is 3.64. The molecule has 0 radical (unpaired) electrons. The molecule has 0 saturated carbocycles. The number of aromatic nitrogens is 4. The Morgan fingerprint density at radius 3 is 2.66 bits per heavy atom. The lowest BCUT2D eigenvalue weighted by molar-refractivity contribution is -0.127. The zero-order valence-corrected chi connectivity index (χ0v) is 24.2. The highest BCUT2D eigenvalue weighted by Gasteiger charge is 2.47. The first-order valence-electron chi connectivity index (χ1n) is 13.8. The first kappa shape index (κ1) is 27.8. The SMILES string of the molecule is Cc1noc(C)c1CN1CCC2(CCOc3cc(-c4ncnn4C)ccc3S(=O)(=O)N3C[C@H](O)C[C@H]3C(=O)N2)CC1. The highest BCUT2D eigenvalue weighted by atomic mass is 32.2. The van der Waals surface area contributed by atoms with Crippen LogP contribution in [0, 0.1) is 13.8 Å². The maximum Gasteiger partial charge on any atom is 0.247 e. The number of hydrogen-bond acceptors (Lipinski definition) is 10. The summed E-state index contributed by atoms with van der Waals surface area (Å²) in [5.74, 6) is 1.17. The number of carbonyl (C=O) groups excluding carboxylic acids is 1. The third-order valence-electron chi connectivity index (χ3n) is 8.64. The zero-order chi connectivity index (χ0) is 28.9. The predicted molar refractivity (Wildman–Crippen MR) is 146 cm³/mol. The Morgan fingerprint density at radius 2 is 1.98 bits per heavy atom. The van der Waals surface area contributed by atoms with Crippen molar-refractivity contribution in [3.8, 4) is 17.1 Å². The number of likely N-dealkylation sites (tertiary alicyclic amines) is 1. The molecule has 13 nitrogen and oxygen atoms in total. The van der Waals surface area contributed by atoms with E-state index in [4.69, 9.17) is 9.26 Å². The quantitative estimate of drug-likeness (QED) is 0.457. The van der Waals surface area contributed by atoms with Crippen molar-refractivity contribution in [1.29, 1.82) is 0 Å². The lowest BCUT2D eigenvalue weighted by Gasteiger charge is -2.43. The molecule has 41 heavy (non-hydrogen) atoms. The van der Waals surface area contributed by atoms with E-state index in [0.717, 1.165) is 34.4 Å². The van der Waals surface area contributed by atoms with Crippen LogP contribution in [-0.2, 0) is 28.4 Å². The van der Waals surface area contributed by atoms with Crippen molar-refractivity contribution in [1.82, 2.24) is 34.4 Å². The molecule has 3 aromatic rings. The number of nitrogens with zero attached hydrogens (tertiary/aromatic N) is 6. The summed E-state index contributed by atoms with van der Waals surface area (Å²) in [4.78, 5) is 20.3. The van der Waals surface area contributed by atoms with Crippen LogP contribution in [0.1, 0.15) is 42.7 Å². The molecule has 2 N–H and O–H groups in total. The Kier molecular flexibility index (Phi) is 7.12. The van der Waals surface area contributed by atoms with Crippen LogP contribution in [0.5, 0.6) is 5.75 Å². The van der Waals surface area contributed by atoms with Gasteiger partial charge in [0.2, 0.25) is 15.9 Å². The number of amides is 1. The molecule has 2 saturated heterocycles. The monoisotopic (exact) mass is 585 g/mol. The van der Waals surface area contributed by atoms with Crippen LogP contribution in [0.15, 0.2) is 33.9 Å². The van der Waals surface area contributed by atoms with E-state index < -0.39 is 27.7 Å². The third kappa shape index (κ3) is 5.13. The maximum absolute atomic E-state index is 13.9. The molecule has 14 heteroatoms. The van der Waals surface area contributed by atoms with Gasteiger partial charge in [0.25, 0.3) is 0 Å². The van der Waals surface area contributed by atoms with Crippen LogP contribution in [0.4, 0.5) is 0 Å². The van der Waals surface area contributed by atoms with Gasteiger partial charge in [0.1, 0.15) is 28.8 Å². The summed E-state index contributed by atoms with van der Waals surface area (Å²) in [6, 6.07) is 3.78. The van der Waals surface area contributed by atoms with Gasteiger partial charge in [0.15, 0.2) is 5.82 Å². The molecule has 3 aliphatic rings. The largest absolute Gasteiger partial charge is 0.492 e. The number of benzene rings is 1. The molecule has 2 fully saturated rings. The summed E-state index contributed by atoms with van der Waals surface area (Å²) in [6.45, 7) is 6.06. The van der Waals surface area contributed by atoms with Gasteiger partial charge in [-0.2, -0.15) is 9.40 Å². The van der Waals surface area contributed by atoms with Gasteiger partial charge in [-0.15, -0.1) is 0 Å². The molecule has 0 aliphatic carbocycles. The Labute approximate surface area is 238 Å². The van der Waals surface area contributed by atoms with Crippen LogP contribution in [0.2, 0.25) is 0 Å². The van der Waals surface area contributed by atoms with Crippen molar-refractivity contribution < 1.29 is 27.6 Å². The number of nitrogens with one attached hydrogen (secondary N) is 1. The van der Waals surface area contributed by atoms with Gasteiger partial charge in [0.05, 0.1) is 18.4 Å². The van der Waals surface area contributed by atoms with Gasteiger partial charge in [-0.25, -0.2) is 18.1 Å². The lowest BCUT2D eigenvalue weighted by Crippen LogP contribution is -2.59. The topological polar surface area (TPSA) is 156 Å². The standard InChI is InChI=1S/C27H35N7O6S/c1-17-21(18(2)40-31-17)15-33-9-6-27(7-10-33)8-11-39-23-12-19(25-28-16-29-32(25)3)4-5-24(23)41(37,38)34-14-20(35)13-22(34)26(36)30-27/h4-5,12,16,20,22,35H,6-11,13-15H2,1-3H3,(H,30,36)/t20-,22+/m1/s1. The fourth-order valence-corrected chi connectivity index (χ4v) is 7.92. The van der Waals surface area contributed by atoms with Crippen LogP contribution < -0.4 is 10.1 Å². The summed E-state index contributed by atoms with van der Waals surface area (Å²) >= 11 is 0. The molecule has 3 aliphatic heterocycles. The maximum atomic E-state index is 13.9. The Morgan fingerprint density at radius 1 is 1.20 bits per heavy atom. The first-order valence-corrected chi connectivity index (χ1v) is 15.3. The number of rotatable bonds is 3. The molecule has 0 unspecified atom stereocenters. The third-order valence-corrected chi connectivity index (χ3v) is 10.6. The van der Waals surface area contributed by atoms with Gasteiger partial charge in [-0.05, 0) is 44.9 Å². The van der Waals surface area contributed by atoms with Gasteiger partial charge >= 0.3 is 0 Å². The van der Waals surface area contributed by atoms with Crippen molar-refractivity contribution in [3.05, 3.63) is 41.5 Å². The smallest absolute Gasteiger partial charge is 0.247 e. The van der Waals surface area contributed by atoms with Crippen LogP contribution in [-0.4, -0.2) is 92.5 Å². The summed E-state index contributed by atoms with van der Waals surface area (Å²) in [6.07, 6.45) is 2.35. The molecule has 2 aromatic heterocycles. The molecule has 1 amide bonds. The summed E-state index contributed by atoms with van der Waals surface area (Å²) in [5, 5.41) is 21.9. The Balaban J connectivity index is 1.31. The molecule has 0 bridgehead atoms. The lowest BCUT2D eigenvalue weighted by atomic mass is 9.84. The molecule has 220 valence electrons. The number of fused-ring (bicyclic) bond motifs is 2. The molecular formula is C27H35N7O6S. The molecule has 1 spiro atoms. The van der Waals surface area contributed by atoms with Gasteiger partial charge in [-0.3, -0.25) is 9.69 Å². The normalized spacial score (nSPS) is 24.7. The fourth-order valence-electron chi connectivity index (χ4n) is 6.17. The number of aliphatic hydroxyl groups is 1. The zero-order valence-electron chi connectivity index (χ0n) is 23.4. The van der Waals surface area contributed by atoms with Gasteiger partial charge in [-0.1, -0.05) is 5.16 Å². The van der Waals surface area contributed by atoms with E-state index in [1.165, 1.54) is 12.4 Å². The minimum absolute atomic E-state index is 0.0343. The molecule has 5 heterocycles. The van der Waals surface area contributed by atoms with Crippen LogP contribution in [0.3, 0.4) is 0 Å². The Bertz CT molecular complexity index is 1540. The second-order valence-corrected chi connectivity index (χ2v) is 13.2. The number of aryl methyl sites for hydroxylation is 3. The van der Waals surface area contributed by atoms with E-state index in [2.05, 4.69) is 25.5 Å². The van der Waals surface area contributed by atoms with E-state index in [1.807, 2.05) is 13.8 Å². The van der Waals surface area contributed by atoms with Crippen LogP contribution in [0.25, 0.3) is 11.4 Å². The van der Waals surface area contributed by atoms with E-state index in [0.29, 0.717) is 37.2 Å². The van der Waals surface area contributed by atoms with Crippen molar-refractivity contribution in [2.45, 2.75) is 68.7 Å². The van der Waals surface area contributed by atoms with Crippen molar-refractivity contribution in [2.75, 3.05) is 26.2 Å². The summed E-state index contributed by atoms with van der Waals surface area (Å²) in [7, 11) is -2.41. The molecule has 6 rings (SSSR count). The number of hydrogen-bond donors (Lipinski definition) is 2. The second kappa shape index (κ2) is 10.5. The van der Waals surface area contributed by atoms with Gasteiger partial charge < -0.3 is 19.7 Å². The van der Waals surface area contributed by atoms with Crippen LogP contribution >= 0.6 is 0 Å². The van der Waals surface area contributed by atoms with Crippen molar-refractivity contribution in [3.63, 3.8) is 0 Å². The van der Waals surface area contributed by atoms with E-state index in [-0.39, 0.29) is 36.1 Å². The minimum Gasteiger partial charge on any atom is -0.492 e. The number of ether oxygens (including phenoxy) is 1. The second-order valence-electron chi connectivity index (χ2n) is 11.3. The summed E-state index contributed by atoms with van der Waals surface area (Å²) < 4.78 is 42.1.